The molecule has 186 valence electrons. The van der Waals surface area contributed by atoms with Crippen LogP contribution in [0.25, 0.3) is 5.57 Å². The number of rotatable bonds is 9. The van der Waals surface area contributed by atoms with Crippen molar-refractivity contribution in [2.45, 2.75) is 32.1 Å². The van der Waals surface area contributed by atoms with Gasteiger partial charge in [0.25, 0.3) is 0 Å². The zero-order chi connectivity index (χ0) is 25.9. The molecule has 0 aromatic heterocycles. The van der Waals surface area contributed by atoms with E-state index in [1.54, 1.807) is 6.08 Å². The predicted molar refractivity (Wildman–Crippen MR) is 159 cm³/mol. The summed E-state index contributed by atoms with van der Waals surface area (Å²) in [4.78, 5) is 5.06. The van der Waals surface area contributed by atoms with Crippen molar-refractivity contribution in [2.24, 2.45) is 4.99 Å². The third-order valence-corrected chi connectivity index (χ3v) is 6.28. The molecule has 2 aromatic rings. The molecule has 2 atom stereocenters. The van der Waals surface area contributed by atoms with Gasteiger partial charge in [0.05, 0.1) is 0 Å². The molecule has 0 radical (unpaired) electrons. The lowest BCUT2D eigenvalue weighted by molar-refractivity contribution is 0.402. The van der Waals surface area contributed by atoms with Gasteiger partial charge in [-0.3, -0.25) is 5.32 Å². The Labute approximate surface area is 221 Å². The molecule has 0 spiro atoms. The maximum absolute atomic E-state index is 5.06. The number of allylic oxidation sites excluding steroid dienone is 13. The molecule has 0 saturated carbocycles. The van der Waals surface area contributed by atoms with E-state index in [1.807, 2.05) is 30.4 Å². The lowest BCUT2D eigenvalue weighted by Gasteiger charge is -2.31. The SMILES string of the molecule is C=C/C=C\C=C/CC1N=C(c2cccc(C(/C=C(/C)C=C)=C3\C=CC=CC3)c2)NC(c2ccccc2)N1. The van der Waals surface area contributed by atoms with Gasteiger partial charge >= 0.3 is 0 Å². The van der Waals surface area contributed by atoms with Gasteiger partial charge in [0.1, 0.15) is 18.2 Å². The van der Waals surface area contributed by atoms with E-state index >= 15 is 0 Å². The van der Waals surface area contributed by atoms with Crippen molar-refractivity contribution in [1.29, 1.82) is 0 Å². The highest BCUT2D eigenvalue weighted by molar-refractivity contribution is 6.00. The first-order valence-electron chi connectivity index (χ1n) is 12.8. The van der Waals surface area contributed by atoms with Crippen molar-refractivity contribution in [1.82, 2.24) is 10.6 Å². The smallest absolute Gasteiger partial charge is 0.131 e. The lowest BCUT2D eigenvalue weighted by atomic mass is 9.92. The Kier molecular flexibility index (Phi) is 9.23. The van der Waals surface area contributed by atoms with Crippen molar-refractivity contribution in [3.63, 3.8) is 0 Å². The van der Waals surface area contributed by atoms with Crippen LogP contribution in [-0.4, -0.2) is 12.0 Å². The van der Waals surface area contributed by atoms with Crippen LogP contribution in [0.15, 0.2) is 151 Å². The molecule has 2 aromatic carbocycles. The molecule has 2 aliphatic rings. The minimum atomic E-state index is -0.0503. The maximum Gasteiger partial charge on any atom is 0.131 e. The first-order valence-corrected chi connectivity index (χ1v) is 12.8. The van der Waals surface area contributed by atoms with Crippen LogP contribution in [0.4, 0.5) is 0 Å². The molecule has 1 aliphatic carbocycles. The third kappa shape index (κ3) is 7.16. The second-order valence-corrected chi connectivity index (χ2v) is 9.04. The summed E-state index contributed by atoms with van der Waals surface area (Å²) < 4.78 is 0. The molecule has 0 bridgehead atoms. The van der Waals surface area contributed by atoms with E-state index in [9.17, 15) is 0 Å². The van der Waals surface area contributed by atoms with Gasteiger partial charge in [-0.05, 0) is 41.7 Å². The Morgan fingerprint density at radius 3 is 2.65 bits per heavy atom. The van der Waals surface area contributed by atoms with Crippen LogP contribution in [0.1, 0.15) is 42.6 Å². The number of hydrogen-bond donors (Lipinski definition) is 2. The van der Waals surface area contributed by atoms with Crippen molar-refractivity contribution in [3.8, 4) is 0 Å². The zero-order valence-electron chi connectivity index (χ0n) is 21.5. The van der Waals surface area contributed by atoms with Gasteiger partial charge < -0.3 is 5.32 Å². The highest BCUT2D eigenvalue weighted by Crippen LogP contribution is 2.28. The molecule has 1 aliphatic heterocycles. The summed E-state index contributed by atoms with van der Waals surface area (Å²) in [6, 6.07) is 19.1. The lowest BCUT2D eigenvalue weighted by Crippen LogP contribution is -2.48. The Morgan fingerprint density at radius 1 is 1.03 bits per heavy atom. The Bertz CT molecular complexity index is 1320. The number of aliphatic imine (C=N–C) groups is 1. The van der Waals surface area contributed by atoms with Crippen molar-refractivity contribution < 1.29 is 0 Å². The third-order valence-electron chi connectivity index (χ3n) is 6.28. The van der Waals surface area contributed by atoms with Crippen LogP contribution in [0.3, 0.4) is 0 Å². The van der Waals surface area contributed by atoms with Gasteiger partial charge in [-0.1, -0.05) is 134 Å². The van der Waals surface area contributed by atoms with Crippen LogP contribution in [0.5, 0.6) is 0 Å². The van der Waals surface area contributed by atoms with Crippen LogP contribution < -0.4 is 10.6 Å². The van der Waals surface area contributed by atoms with Gasteiger partial charge in [-0.15, -0.1) is 0 Å². The van der Waals surface area contributed by atoms with E-state index in [2.05, 4.69) is 116 Å². The van der Waals surface area contributed by atoms with E-state index in [0.29, 0.717) is 0 Å². The van der Waals surface area contributed by atoms with Crippen LogP contribution in [0.2, 0.25) is 0 Å². The minimum Gasteiger partial charge on any atom is -0.350 e. The summed E-state index contributed by atoms with van der Waals surface area (Å²) in [7, 11) is 0. The summed E-state index contributed by atoms with van der Waals surface area (Å²) in [5, 5.41) is 7.28. The summed E-state index contributed by atoms with van der Waals surface area (Å²) in [6.45, 7) is 9.77. The fourth-order valence-electron chi connectivity index (χ4n) is 4.33. The number of amidine groups is 1. The Hall–Kier alpha value is -4.21. The summed E-state index contributed by atoms with van der Waals surface area (Å²) in [6.07, 6.45) is 24.2. The first-order chi connectivity index (χ1) is 18.2. The van der Waals surface area contributed by atoms with Crippen LogP contribution in [-0.2, 0) is 0 Å². The fraction of sp³-hybridized carbons (Fsp3) is 0.147. The van der Waals surface area contributed by atoms with Gasteiger partial charge in [0, 0.05) is 12.0 Å². The van der Waals surface area contributed by atoms with Crippen molar-refractivity contribution in [2.75, 3.05) is 0 Å². The molecule has 3 nitrogen and oxygen atoms in total. The highest BCUT2D eigenvalue weighted by Gasteiger charge is 2.23. The average molecular weight is 486 g/mol. The second-order valence-electron chi connectivity index (χ2n) is 9.04. The average Bonchev–Trinajstić information content (AvgIpc) is 2.96. The normalized spacial score (nSPS) is 21.1. The predicted octanol–water partition coefficient (Wildman–Crippen LogP) is 7.74. The summed E-state index contributed by atoms with van der Waals surface area (Å²) >= 11 is 0. The van der Waals surface area contributed by atoms with Crippen LogP contribution >= 0.6 is 0 Å². The highest BCUT2D eigenvalue weighted by atomic mass is 15.3. The molecule has 0 amide bonds. The monoisotopic (exact) mass is 485 g/mol. The molecule has 37 heavy (non-hydrogen) atoms. The Morgan fingerprint density at radius 2 is 1.89 bits per heavy atom. The number of nitrogens with one attached hydrogen (secondary N) is 2. The van der Waals surface area contributed by atoms with E-state index in [4.69, 9.17) is 4.99 Å². The van der Waals surface area contributed by atoms with Crippen LogP contribution in [0, 0.1) is 0 Å². The van der Waals surface area contributed by atoms with E-state index in [1.165, 1.54) is 22.3 Å². The molecule has 0 saturated heterocycles. The number of benzene rings is 2. The molecular weight excluding hydrogens is 450 g/mol. The molecule has 3 heteroatoms. The summed E-state index contributed by atoms with van der Waals surface area (Å²) in [5.74, 6) is 0.891. The van der Waals surface area contributed by atoms with E-state index < -0.39 is 0 Å². The number of nitrogens with zero attached hydrogens (tertiary/aromatic N) is 1. The molecule has 2 unspecified atom stereocenters. The van der Waals surface area contributed by atoms with E-state index in [0.717, 1.165) is 29.8 Å². The standard InChI is InChI=1S/C34H35N3/c1-4-6-7-8-15-23-32-35-33(28-19-13-10-14-20-28)37-34(36-32)30-22-16-21-29(25-30)31(24-26(3)5-2)27-17-11-9-12-18-27/h4-17,19-22,24-25,32-33,35H,1-2,18,23H2,3H3,(H,36,37)/b7-6-,15-8-,26-24-,31-27+. The molecule has 2 N–H and O–H groups in total. The largest absolute Gasteiger partial charge is 0.350 e. The van der Waals surface area contributed by atoms with Gasteiger partial charge in [0.2, 0.25) is 0 Å². The van der Waals surface area contributed by atoms with Crippen molar-refractivity contribution in [3.05, 3.63) is 162 Å². The van der Waals surface area contributed by atoms with Crippen molar-refractivity contribution >= 4 is 11.4 Å². The molecule has 1 heterocycles. The van der Waals surface area contributed by atoms with Gasteiger partial charge in [-0.25, -0.2) is 4.99 Å². The molecule has 0 fully saturated rings. The molecular formula is C34H35N3. The fourth-order valence-corrected chi connectivity index (χ4v) is 4.33. The zero-order valence-corrected chi connectivity index (χ0v) is 21.5. The number of hydrogen-bond acceptors (Lipinski definition) is 3. The second kappa shape index (κ2) is 13.2. The quantitative estimate of drug-likeness (QED) is 0.356. The topological polar surface area (TPSA) is 36.4 Å². The molecule has 4 rings (SSSR count). The van der Waals surface area contributed by atoms with E-state index in [-0.39, 0.29) is 12.3 Å². The van der Waals surface area contributed by atoms with Gasteiger partial charge in [0.15, 0.2) is 0 Å². The maximum atomic E-state index is 5.06. The minimum absolute atomic E-state index is 0.0355. The summed E-state index contributed by atoms with van der Waals surface area (Å²) in [5.41, 5.74) is 7.05. The first kappa shape index (κ1) is 25.9. The van der Waals surface area contributed by atoms with Gasteiger partial charge in [-0.2, -0.15) is 0 Å². The Balaban J connectivity index is 1.70.